The van der Waals surface area contributed by atoms with Crippen LogP contribution >= 0.6 is 0 Å². The van der Waals surface area contributed by atoms with Gasteiger partial charge in [-0.15, -0.1) is 0 Å². The zero-order valence-electron chi connectivity index (χ0n) is 19.8. The van der Waals surface area contributed by atoms with Crippen molar-refractivity contribution in [3.63, 3.8) is 0 Å². The third kappa shape index (κ3) is 5.46. The fourth-order valence-corrected chi connectivity index (χ4v) is 5.47. The van der Waals surface area contributed by atoms with E-state index in [9.17, 15) is 22.8 Å². The summed E-state index contributed by atoms with van der Waals surface area (Å²) in [5, 5.41) is 0.649. The molecule has 1 aliphatic heterocycles. The van der Waals surface area contributed by atoms with Gasteiger partial charge in [-0.25, -0.2) is 8.42 Å². The summed E-state index contributed by atoms with van der Waals surface area (Å²) in [5.41, 5.74) is 1.74. The highest BCUT2D eigenvalue weighted by Crippen LogP contribution is 2.19. The first-order valence-corrected chi connectivity index (χ1v) is 13.1. The molecule has 0 radical (unpaired) electrons. The molecule has 1 N–H and O–H groups in total. The van der Waals surface area contributed by atoms with Crippen molar-refractivity contribution in [2.75, 3.05) is 26.2 Å². The van der Waals surface area contributed by atoms with Crippen LogP contribution in [0.25, 0.3) is 0 Å². The van der Waals surface area contributed by atoms with Crippen LogP contribution < -0.4 is 5.32 Å². The molecule has 0 bridgehead atoms. The molecule has 0 aromatic heterocycles. The van der Waals surface area contributed by atoms with Gasteiger partial charge in [0, 0.05) is 37.3 Å². The smallest absolute Gasteiger partial charge is 0.261 e. The average molecular weight is 506 g/mol. The van der Waals surface area contributed by atoms with Crippen LogP contribution in [0.15, 0.2) is 89.8 Å². The number of benzene rings is 3. The van der Waals surface area contributed by atoms with E-state index >= 15 is 0 Å². The van der Waals surface area contributed by atoms with Crippen LogP contribution in [0.5, 0.6) is 0 Å². The van der Waals surface area contributed by atoms with Gasteiger partial charge in [-0.1, -0.05) is 54.1 Å². The monoisotopic (exact) mass is 505 g/mol. The van der Waals surface area contributed by atoms with Crippen LogP contribution in [0.1, 0.15) is 26.3 Å². The molecule has 186 valence electrons. The van der Waals surface area contributed by atoms with E-state index in [1.54, 1.807) is 71.6 Å². The van der Waals surface area contributed by atoms with E-state index in [0.29, 0.717) is 5.56 Å². The first kappa shape index (κ1) is 25.1. The molecule has 0 spiro atoms. The number of hydrogen-bond acceptors (Lipinski definition) is 5. The molecule has 1 aliphatic rings. The zero-order chi connectivity index (χ0) is 25.7. The lowest BCUT2D eigenvalue weighted by molar-refractivity contribution is -0.132. The molecule has 36 heavy (non-hydrogen) atoms. The van der Waals surface area contributed by atoms with Crippen molar-refractivity contribution in [2.45, 2.75) is 17.2 Å². The van der Waals surface area contributed by atoms with Crippen molar-refractivity contribution in [1.29, 1.82) is 0 Å². The summed E-state index contributed by atoms with van der Waals surface area (Å²) in [4.78, 5) is 42.1. The minimum Gasteiger partial charge on any atom is -0.336 e. The zero-order valence-corrected chi connectivity index (χ0v) is 20.6. The number of hydrogen-bond donors (Lipinski definition) is 1. The molecule has 3 aromatic rings. The first-order chi connectivity index (χ1) is 17.3. The van der Waals surface area contributed by atoms with Gasteiger partial charge >= 0.3 is 0 Å². The Balaban J connectivity index is 1.54. The molecular formula is C27H27N3O5S. The number of carbonyl (C=O) groups excluding carboxylic acids is 3. The van der Waals surface area contributed by atoms with E-state index in [1.165, 1.54) is 17.0 Å². The predicted octanol–water partition coefficient (Wildman–Crippen LogP) is 2.51. The van der Waals surface area contributed by atoms with Gasteiger partial charge in [0.1, 0.15) is 0 Å². The number of nitrogens with one attached hydrogen (secondary N) is 1. The second-order valence-corrected chi connectivity index (χ2v) is 10.6. The van der Waals surface area contributed by atoms with Crippen molar-refractivity contribution in [2.24, 2.45) is 0 Å². The predicted molar refractivity (Wildman–Crippen MR) is 135 cm³/mol. The number of nitrogens with zero attached hydrogens (tertiary/aromatic N) is 2. The number of amides is 3. The molecule has 1 heterocycles. The number of carbonyl (C=O) groups is 3. The largest absolute Gasteiger partial charge is 0.336 e. The quantitative estimate of drug-likeness (QED) is 0.555. The van der Waals surface area contributed by atoms with Crippen molar-refractivity contribution < 1.29 is 22.8 Å². The second-order valence-electron chi connectivity index (χ2n) is 8.56. The summed E-state index contributed by atoms with van der Waals surface area (Å²) in [6, 6.07) is 23.0. The highest BCUT2D eigenvalue weighted by Gasteiger charge is 2.39. The summed E-state index contributed by atoms with van der Waals surface area (Å²) in [7, 11) is -4.24. The number of aryl methyl sites for hydroxylation is 1. The van der Waals surface area contributed by atoms with E-state index in [4.69, 9.17) is 0 Å². The van der Waals surface area contributed by atoms with Crippen molar-refractivity contribution in [3.8, 4) is 0 Å². The van der Waals surface area contributed by atoms with Crippen LogP contribution in [0.2, 0.25) is 0 Å². The summed E-state index contributed by atoms with van der Waals surface area (Å²) in [6.07, 6.45) is 0. The fraction of sp³-hybridized carbons (Fsp3) is 0.222. The van der Waals surface area contributed by atoms with Crippen LogP contribution in [-0.4, -0.2) is 67.5 Å². The van der Waals surface area contributed by atoms with Gasteiger partial charge in [-0.05, 0) is 43.3 Å². The Hall–Kier alpha value is -3.98. The lowest BCUT2D eigenvalue weighted by atomic mass is 10.1. The molecule has 4 rings (SSSR count). The van der Waals surface area contributed by atoms with Crippen molar-refractivity contribution in [3.05, 3.63) is 102 Å². The third-order valence-corrected chi connectivity index (χ3v) is 7.95. The van der Waals surface area contributed by atoms with Gasteiger partial charge in [-0.2, -0.15) is 0 Å². The maximum atomic E-state index is 13.5. The Morgan fingerprint density at radius 3 is 1.83 bits per heavy atom. The maximum absolute atomic E-state index is 13.5. The van der Waals surface area contributed by atoms with Gasteiger partial charge in [-0.3, -0.25) is 14.4 Å². The van der Waals surface area contributed by atoms with Crippen LogP contribution in [-0.2, 0) is 14.6 Å². The Kier molecular flexibility index (Phi) is 7.49. The highest BCUT2D eigenvalue weighted by molar-refractivity contribution is 7.92. The molecular weight excluding hydrogens is 478 g/mol. The number of piperazine rings is 1. The van der Waals surface area contributed by atoms with Crippen molar-refractivity contribution >= 4 is 27.6 Å². The van der Waals surface area contributed by atoms with Crippen LogP contribution in [0.4, 0.5) is 0 Å². The maximum Gasteiger partial charge on any atom is 0.261 e. The van der Waals surface area contributed by atoms with Crippen molar-refractivity contribution in [1.82, 2.24) is 15.1 Å². The first-order valence-electron chi connectivity index (χ1n) is 11.6. The summed E-state index contributed by atoms with van der Waals surface area (Å²) in [5.74, 6) is -1.54. The average Bonchev–Trinajstić information content (AvgIpc) is 2.92. The Bertz CT molecular complexity index is 1340. The Labute approximate surface area is 210 Å². The molecule has 1 saturated heterocycles. The lowest BCUT2D eigenvalue weighted by Crippen LogP contribution is -2.57. The Morgan fingerprint density at radius 2 is 1.25 bits per heavy atom. The molecule has 8 nitrogen and oxygen atoms in total. The van der Waals surface area contributed by atoms with E-state index in [-0.39, 0.29) is 42.5 Å². The lowest BCUT2D eigenvalue weighted by Gasteiger charge is -2.36. The van der Waals surface area contributed by atoms with Gasteiger partial charge in [0.25, 0.3) is 17.7 Å². The minimum absolute atomic E-state index is 0.0644. The van der Waals surface area contributed by atoms with Gasteiger partial charge in [0.05, 0.1) is 4.90 Å². The highest BCUT2D eigenvalue weighted by atomic mass is 32.2. The molecule has 0 saturated carbocycles. The van der Waals surface area contributed by atoms with Crippen LogP contribution in [0.3, 0.4) is 0 Å². The molecule has 3 aromatic carbocycles. The SMILES string of the molecule is Cc1ccc(C(=O)N[C@H](C(=O)N2CCN(C(=O)c3ccccc3)CC2)S(=O)(=O)c2ccccc2)cc1. The van der Waals surface area contributed by atoms with Gasteiger partial charge < -0.3 is 15.1 Å². The Morgan fingerprint density at radius 1 is 0.722 bits per heavy atom. The minimum atomic E-state index is -4.24. The summed E-state index contributed by atoms with van der Waals surface area (Å²) >= 11 is 0. The normalized spacial score (nSPS) is 14.7. The second kappa shape index (κ2) is 10.7. The standard InChI is InChI=1S/C27H27N3O5S/c1-20-12-14-21(15-13-20)24(31)28-25(36(34,35)23-10-6-3-7-11-23)27(33)30-18-16-29(17-19-30)26(32)22-8-4-2-5-9-22/h2-15,25H,16-19H2,1H3,(H,28,31)/t25-/m0/s1. The summed E-state index contributed by atoms with van der Waals surface area (Å²) in [6.45, 7) is 2.68. The number of sulfone groups is 1. The van der Waals surface area contributed by atoms with Crippen LogP contribution in [0, 0.1) is 6.92 Å². The number of rotatable bonds is 6. The molecule has 0 unspecified atom stereocenters. The molecule has 1 fully saturated rings. The molecule has 3 amide bonds. The molecule has 0 aliphatic carbocycles. The molecule has 1 atom stereocenters. The van der Waals surface area contributed by atoms with E-state index in [0.717, 1.165) is 5.56 Å². The van der Waals surface area contributed by atoms with E-state index in [2.05, 4.69) is 5.32 Å². The van der Waals surface area contributed by atoms with Gasteiger partial charge in [0.2, 0.25) is 15.2 Å². The van der Waals surface area contributed by atoms with Gasteiger partial charge in [0.15, 0.2) is 0 Å². The van der Waals surface area contributed by atoms with E-state index in [1.807, 2.05) is 13.0 Å². The fourth-order valence-electron chi connectivity index (χ4n) is 3.98. The van der Waals surface area contributed by atoms with E-state index < -0.39 is 27.0 Å². The summed E-state index contributed by atoms with van der Waals surface area (Å²) < 4.78 is 26.9. The third-order valence-electron chi connectivity index (χ3n) is 6.08. The topological polar surface area (TPSA) is 104 Å². The molecule has 9 heteroatoms.